The van der Waals surface area contributed by atoms with Gasteiger partial charge < -0.3 is 10.5 Å². The summed E-state index contributed by atoms with van der Waals surface area (Å²) in [5.41, 5.74) is 7.28. The van der Waals surface area contributed by atoms with E-state index in [-0.39, 0.29) is 0 Å². The van der Waals surface area contributed by atoms with Gasteiger partial charge in [-0.3, -0.25) is 4.98 Å². The maximum Gasteiger partial charge on any atom is 0.141 e. The first-order valence-corrected chi connectivity index (χ1v) is 7.08. The Morgan fingerprint density at radius 1 is 1.10 bits per heavy atom. The smallest absolute Gasteiger partial charge is 0.141 e. The summed E-state index contributed by atoms with van der Waals surface area (Å²) >= 11 is 9.36. The number of nitrogen functional groups attached to an aromatic ring is 1. The van der Waals surface area contributed by atoms with Crippen molar-refractivity contribution in [1.82, 2.24) is 4.98 Å². The molecule has 0 amide bonds. The van der Waals surface area contributed by atoms with Gasteiger partial charge in [-0.15, -0.1) is 0 Å². The lowest BCUT2D eigenvalue weighted by Gasteiger charge is -2.11. The van der Waals surface area contributed by atoms with Gasteiger partial charge in [0.15, 0.2) is 0 Å². The van der Waals surface area contributed by atoms with E-state index in [2.05, 4.69) is 20.9 Å². The van der Waals surface area contributed by atoms with Crippen molar-refractivity contribution < 1.29 is 4.74 Å². The molecule has 0 saturated heterocycles. The fourth-order valence-corrected chi connectivity index (χ4v) is 2.70. The molecule has 3 aromatic rings. The Morgan fingerprint density at radius 2 is 1.95 bits per heavy atom. The summed E-state index contributed by atoms with van der Waals surface area (Å²) < 4.78 is 6.72. The number of ether oxygens (including phenoxy) is 1. The number of hydrogen-bond acceptors (Lipinski definition) is 3. The molecule has 0 radical (unpaired) electrons. The second-order valence-corrected chi connectivity index (χ2v) is 5.52. The molecule has 3 rings (SSSR count). The van der Waals surface area contributed by atoms with E-state index in [1.807, 2.05) is 30.3 Å². The molecule has 2 N–H and O–H groups in total. The number of pyridine rings is 1. The fourth-order valence-electron chi connectivity index (χ4n) is 1.94. The molecule has 1 heterocycles. The second kappa shape index (κ2) is 5.31. The summed E-state index contributed by atoms with van der Waals surface area (Å²) in [5.74, 6) is 1.38. The zero-order valence-corrected chi connectivity index (χ0v) is 12.6. The van der Waals surface area contributed by atoms with Crippen LogP contribution < -0.4 is 10.5 Å². The van der Waals surface area contributed by atoms with Gasteiger partial charge in [0, 0.05) is 16.6 Å². The van der Waals surface area contributed by atoms with Gasteiger partial charge in [-0.2, -0.15) is 0 Å². The van der Waals surface area contributed by atoms with Gasteiger partial charge in [0.25, 0.3) is 0 Å². The first kappa shape index (κ1) is 13.2. The second-order valence-electron chi connectivity index (χ2n) is 4.23. The highest BCUT2D eigenvalue weighted by atomic mass is 79.9. The van der Waals surface area contributed by atoms with Gasteiger partial charge in [0.2, 0.25) is 0 Å². The molecular weight excluding hydrogens is 340 g/mol. The van der Waals surface area contributed by atoms with Crippen molar-refractivity contribution in [2.45, 2.75) is 0 Å². The Hall–Kier alpha value is -1.78. The number of para-hydroxylation sites is 1. The van der Waals surface area contributed by atoms with Crippen LogP contribution in [0, 0.1) is 0 Å². The zero-order chi connectivity index (χ0) is 14.1. The minimum atomic E-state index is 0.628. The van der Waals surface area contributed by atoms with E-state index < -0.39 is 0 Å². The number of benzene rings is 2. The van der Waals surface area contributed by atoms with Crippen molar-refractivity contribution in [3.05, 3.63) is 58.2 Å². The number of halogens is 2. The standard InChI is InChI=1S/C15H10BrClN2O/c16-11-8-9(17)4-5-14(11)20-13-6-7-19-15-10(13)2-1-3-12(15)18/h1-8H,18H2. The Balaban J connectivity index is 2.09. The van der Waals surface area contributed by atoms with Gasteiger partial charge in [-0.05, 0) is 52.3 Å². The topological polar surface area (TPSA) is 48.1 Å². The first-order chi connectivity index (χ1) is 9.65. The highest BCUT2D eigenvalue weighted by Gasteiger charge is 2.08. The summed E-state index contributed by atoms with van der Waals surface area (Å²) in [6.07, 6.45) is 1.68. The summed E-state index contributed by atoms with van der Waals surface area (Å²) in [6.45, 7) is 0. The minimum Gasteiger partial charge on any atom is -0.455 e. The van der Waals surface area contributed by atoms with Gasteiger partial charge in [-0.1, -0.05) is 17.7 Å². The molecule has 0 spiro atoms. The molecule has 100 valence electrons. The first-order valence-electron chi connectivity index (χ1n) is 5.91. The quantitative estimate of drug-likeness (QED) is 0.660. The molecule has 0 aliphatic rings. The molecular formula is C15H10BrClN2O. The third-order valence-corrected chi connectivity index (χ3v) is 3.73. The van der Waals surface area contributed by atoms with E-state index in [1.165, 1.54) is 0 Å². The van der Waals surface area contributed by atoms with Crippen LogP contribution in [0.1, 0.15) is 0 Å². The maximum absolute atomic E-state index is 5.93. The van der Waals surface area contributed by atoms with Gasteiger partial charge >= 0.3 is 0 Å². The van der Waals surface area contributed by atoms with Crippen molar-refractivity contribution in [1.29, 1.82) is 0 Å². The van der Waals surface area contributed by atoms with Crippen LogP contribution in [0.3, 0.4) is 0 Å². The van der Waals surface area contributed by atoms with Crippen molar-refractivity contribution in [3.63, 3.8) is 0 Å². The fraction of sp³-hybridized carbons (Fsp3) is 0. The largest absolute Gasteiger partial charge is 0.455 e. The molecule has 2 aromatic carbocycles. The predicted molar refractivity (Wildman–Crippen MR) is 85.4 cm³/mol. The Morgan fingerprint density at radius 3 is 2.75 bits per heavy atom. The predicted octanol–water partition coefficient (Wildman–Crippen LogP) is 5.03. The lowest BCUT2D eigenvalue weighted by molar-refractivity contribution is 0.485. The van der Waals surface area contributed by atoms with Crippen LogP contribution in [0.5, 0.6) is 11.5 Å². The number of rotatable bonds is 2. The Bertz CT molecular complexity index is 792. The van der Waals surface area contributed by atoms with Crippen molar-refractivity contribution >= 4 is 44.1 Å². The molecule has 0 fully saturated rings. The zero-order valence-electron chi connectivity index (χ0n) is 10.3. The number of nitrogens with zero attached hydrogens (tertiary/aromatic N) is 1. The molecule has 3 nitrogen and oxygen atoms in total. The molecule has 0 atom stereocenters. The van der Waals surface area contributed by atoms with E-state index in [4.69, 9.17) is 22.1 Å². The average Bonchev–Trinajstić information content (AvgIpc) is 2.43. The minimum absolute atomic E-state index is 0.628. The number of anilines is 1. The van der Waals surface area contributed by atoms with E-state index in [0.717, 1.165) is 15.4 Å². The highest BCUT2D eigenvalue weighted by molar-refractivity contribution is 9.10. The number of fused-ring (bicyclic) bond motifs is 1. The van der Waals surface area contributed by atoms with Crippen molar-refractivity contribution in [2.75, 3.05) is 5.73 Å². The van der Waals surface area contributed by atoms with Gasteiger partial charge in [0.05, 0.1) is 15.7 Å². The third kappa shape index (κ3) is 2.44. The summed E-state index contributed by atoms with van der Waals surface area (Å²) in [5, 5.41) is 1.52. The molecule has 0 aliphatic carbocycles. The number of aromatic nitrogens is 1. The molecule has 5 heteroatoms. The van der Waals surface area contributed by atoms with Gasteiger partial charge in [-0.25, -0.2) is 0 Å². The molecule has 1 aromatic heterocycles. The van der Waals surface area contributed by atoms with Gasteiger partial charge in [0.1, 0.15) is 11.5 Å². The summed E-state index contributed by atoms with van der Waals surface area (Å²) in [7, 11) is 0. The third-order valence-electron chi connectivity index (χ3n) is 2.88. The van der Waals surface area contributed by atoms with Crippen LogP contribution in [-0.2, 0) is 0 Å². The van der Waals surface area contributed by atoms with Crippen LogP contribution in [0.2, 0.25) is 5.02 Å². The van der Waals surface area contributed by atoms with Crippen LogP contribution in [-0.4, -0.2) is 4.98 Å². The molecule has 0 bridgehead atoms. The van der Waals surface area contributed by atoms with E-state index in [1.54, 1.807) is 18.3 Å². The molecule has 20 heavy (non-hydrogen) atoms. The van der Waals surface area contributed by atoms with Crippen LogP contribution in [0.15, 0.2) is 53.1 Å². The van der Waals surface area contributed by atoms with E-state index in [9.17, 15) is 0 Å². The average molecular weight is 350 g/mol. The normalized spacial score (nSPS) is 10.7. The summed E-state index contributed by atoms with van der Waals surface area (Å²) in [4.78, 5) is 4.28. The van der Waals surface area contributed by atoms with Crippen LogP contribution in [0.4, 0.5) is 5.69 Å². The monoisotopic (exact) mass is 348 g/mol. The lowest BCUT2D eigenvalue weighted by atomic mass is 10.2. The van der Waals surface area contributed by atoms with E-state index in [0.29, 0.717) is 22.2 Å². The van der Waals surface area contributed by atoms with Crippen molar-refractivity contribution in [2.24, 2.45) is 0 Å². The highest BCUT2D eigenvalue weighted by Crippen LogP contribution is 2.35. The van der Waals surface area contributed by atoms with Crippen LogP contribution >= 0.6 is 27.5 Å². The summed E-state index contributed by atoms with van der Waals surface area (Å²) in [6, 6.07) is 12.8. The number of hydrogen-bond donors (Lipinski definition) is 1. The molecule has 0 unspecified atom stereocenters. The Labute approximate surface area is 129 Å². The maximum atomic E-state index is 5.93. The number of nitrogens with two attached hydrogens (primary N) is 1. The SMILES string of the molecule is Nc1cccc2c(Oc3ccc(Cl)cc3Br)ccnc12. The Kier molecular flexibility index (Phi) is 3.51. The molecule has 0 saturated carbocycles. The van der Waals surface area contributed by atoms with Crippen molar-refractivity contribution in [3.8, 4) is 11.5 Å². The van der Waals surface area contributed by atoms with Crippen LogP contribution in [0.25, 0.3) is 10.9 Å². The lowest BCUT2D eigenvalue weighted by Crippen LogP contribution is -1.92. The van der Waals surface area contributed by atoms with E-state index >= 15 is 0 Å². The molecule has 0 aliphatic heterocycles.